The number of hydrogen-bond acceptors (Lipinski definition) is 4. The van der Waals surface area contributed by atoms with Gasteiger partial charge in [0.25, 0.3) is 0 Å². The quantitative estimate of drug-likeness (QED) is 0.500. The van der Waals surface area contributed by atoms with E-state index in [9.17, 15) is 9.59 Å². The molecule has 6 heteroatoms. The van der Waals surface area contributed by atoms with Gasteiger partial charge in [-0.25, -0.2) is 0 Å². The van der Waals surface area contributed by atoms with Crippen molar-refractivity contribution in [3.8, 4) is 0 Å². The summed E-state index contributed by atoms with van der Waals surface area (Å²) >= 11 is 6.74. The average Bonchev–Trinajstić information content (AvgIpc) is 2.58. The summed E-state index contributed by atoms with van der Waals surface area (Å²) in [6, 6.07) is 15.1. The molecular weight excluding hydrogens is 452 g/mol. The van der Waals surface area contributed by atoms with Crippen LogP contribution in [-0.2, 0) is 32.3 Å². The Kier molecular flexibility index (Phi) is 8.15. The molecule has 0 N–H and O–H groups in total. The Labute approximate surface area is 163 Å². The van der Waals surface area contributed by atoms with Crippen molar-refractivity contribution in [2.75, 3.05) is 0 Å². The number of rotatable bonds is 8. The van der Waals surface area contributed by atoms with E-state index in [1.54, 1.807) is 0 Å². The van der Waals surface area contributed by atoms with E-state index in [4.69, 9.17) is 9.47 Å². The van der Waals surface area contributed by atoms with Crippen LogP contribution < -0.4 is 0 Å². The Balaban J connectivity index is 1.61. The van der Waals surface area contributed by atoms with Gasteiger partial charge in [0.1, 0.15) is 13.2 Å². The molecule has 2 aromatic rings. The fourth-order valence-electron chi connectivity index (χ4n) is 2.10. The third-order valence-corrected chi connectivity index (χ3v) is 4.33. The lowest BCUT2D eigenvalue weighted by Crippen LogP contribution is -2.08. The van der Waals surface area contributed by atoms with Crippen molar-refractivity contribution in [2.45, 2.75) is 32.5 Å². The van der Waals surface area contributed by atoms with E-state index in [0.29, 0.717) is 6.42 Å². The number of halogens is 2. The van der Waals surface area contributed by atoms with E-state index < -0.39 is 0 Å². The maximum Gasteiger partial charge on any atom is 0.306 e. The fraction of sp³-hybridized carbons (Fsp3) is 0.263. The van der Waals surface area contributed by atoms with Gasteiger partial charge in [-0.15, -0.1) is 0 Å². The summed E-state index contributed by atoms with van der Waals surface area (Å²) in [5.41, 5.74) is 1.83. The van der Waals surface area contributed by atoms with Crippen molar-refractivity contribution in [3.63, 3.8) is 0 Å². The predicted molar refractivity (Wildman–Crippen MR) is 102 cm³/mol. The maximum absolute atomic E-state index is 11.7. The lowest BCUT2D eigenvalue weighted by atomic mass is 10.2. The first-order chi connectivity index (χ1) is 12.0. The number of esters is 2. The van der Waals surface area contributed by atoms with Crippen LogP contribution in [-0.4, -0.2) is 11.9 Å². The van der Waals surface area contributed by atoms with Crippen LogP contribution in [0.2, 0.25) is 0 Å². The molecule has 0 saturated carbocycles. The smallest absolute Gasteiger partial charge is 0.306 e. The van der Waals surface area contributed by atoms with Crippen LogP contribution >= 0.6 is 31.9 Å². The van der Waals surface area contributed by atoms with Crippen molar-refractivity contribution in [1.82, 2.24) is 0 Å². The summed E-state index contributed by atoms with van der Waals surface area (Å²) in [5, 5.41) is 0. The van der Waals surface area contributed by atoms with Crippen molar-refractivity contribution in [1.29, 1.82) is 0 Å². The normalized spacial score (nSPS) is 10.3. The Morgan fingerprint density at radius 3 is 1.60 bits per heavy atom. The van der Waals surface area contributed by atoms with Crippen molar-refractivity contribution in [2.24, 2.45) is 0 Å². The van der Waals surface area contributed by atoms with E-state index in [1.807, 2.05) is 48.5 Å². The van der Waals surface area contributed by atoms with E-state index in [2.05, 4.69) is 31.9 Å². The van der Waals surface area contributed by atoms with Gasteiger partial charge in [0.15, 0.2) is 0 Å². The lowest BCUT2D eigenvalue weighted by molar-refractivity contribution is -0.146. The van der Waals surface area contributed by atoms with Gasteiger partial charge in [-0.05, 0) is 41.8 Å². The zero-order valence-electron chi connectivity index (χ0n) is 13.5. The Morgan fingerprint density at radius 2 is 1.20 bits per heavy atom. The molecule has 0 fully saturated rings. The topological polar surface area (TPSA) is 52.6 Å². The molecule has 0 aliphatic carbocycles. The molecule has 0 aliphatic rings. The number of hydrogen-bond donors (Lipinski definition) is 0. The molecule has 2 aromatic carbocycles. The number of benzene rings is 2. The molecule has 0 spiro atoms. The third kappa shape index (κ3) is 7.84. The molecule has 0 atom stereocenters. The highest BCUT2D eigenvalue weighted by molar-refractivity contribution is 9.10. The summed E-state index contributed by atoms with van der Waals surface area (Å²) in [6.07, 6.45) is 0.800. The highest BCUT2D eigenvalue weighted by Crippen LogP contribution is 2.14. The van der Waals surface area contributed by atoms with Gasteiger partial charge >= 0.3 is 11.9 Å². The van der Waals surface area contributed by atoms with Gasteiger partial charge in [-0.3, -0.25) is 9.59 Å². The average molecular weight is 470 g/mol. The maximum atomic E-state index is 11.7. The second kappa shape index (κ2) is 10.4. The molecule has 132 valence electrons. The Hall–Kier alpha value is -1.66. The zero-order valence-corrected chi connectivity index (χ0v) is 16.7. The van der Waals surface area contributed by atoms with Gasteiger partial charge in [-0.1, -0.05) is 56.1 Å². The summed E-state index contributed by atoms with van der Waals surface area (Å²) < 4.78 is 12.3. The summed E-state index contributed by atoms with van der Waals surface area (Å²) in [4.78, 5) is 23.4. The van der Waals surface area contributed by atoms with Crippen LogP contribution in [0.15, 0.2) is 57.5 Å². The number of carbonyl (C=O) groups excluding carboxylic acids is 2. The minimum atomic E-state index is -0.320. The van der Waals surface area contributed by atoms with Gasteiger partial charge in [-0.2, -0.15) is 0 Å². The van der Waals surface area contributed by atoms with Crippen LogP contribution in [0.3, 0.4) is 0 Å². The SMILES string of the molecule is O=C(CCCC(=O)OCc1cccc(Br)c1)OCc1cccc(Br)c1. The first kappa shape index (κ1) is 19.7. The molecule has 0 aliphatic heterocycles. The molecule has 2 rings (SSSR count). The molecule has 0 aromatic heterocycles. The van der Waals surface area contributed by atoms with Crippen LogP contribution in [0.4, 0.5) is 0 Å². The van der Waals surface area contributed by atoms with Crippen molar-refractivity contribution in [3.05, 3.63) is 68.6 Å². The molecular formula is C19H18Br2O4. The molecule has 0 heterocycles. The van der Waals surface area contributed by atoms with Crippen molar-refractivity contribution < 1.29 is 19.1 Å². The van der Waals surface area contributed by atoms with Gasteiger partial charge in [0, 0.05) is 21.8 Å². The van der Waals surface area contributed by atoms with E-state index in [1.165, 1.54) is 0 Å². The van der Waals surface area contributed by atoms with Gasteiger partial charge in [0.2, 0.25) is 0 Å². The Morgan fingerprint density at radius 1 is 0.760 bits per heavy atom. The Bertz CT molecular complexity index is 669. The third-order valence-electron chi connectivity index (χ3n) is 3.34. The highest BCUT2D eigenvalue weighted by Gasteiger charge is 2.08. The monoisotopic (exact) mass is 468 g/mol. The molecule has 0 radical (unpaired) electrons. The highest BCUT2D eigenvalue weighted by atomic mass is 79.9. The van der Waals surface area contributed by atoms with Gasteiger partial charge < -0.3 is 9.47 Å². The lowest BCUT2D eigenvalue weighted by Gasteiger charge is -2.06. The minimum absolute atomic E-state index is 0.194. The van der Waals surface area contributed by atoms with Crippen LogP contribution in [0.25, 0.3) is 0 Å². The minimum Gasteiger partial charge on any atom is -0.461 e. The standard InChI is InChI=1S/C19H18Br2O4/c20-16-6-1-4-14(10-16)12-24-18(22)8-3-9-19(23)25-13-15-5-2-7-17(21)11-15/h1-2,4-7,10-11H,3,8-9,12-13H2. The van der Waals surface area contributed by atoms with Crippen molar-refractivity contribution >= 4 is 43.8 Å². The summed E-state index contributed by atoms with van der Waals surface area (Å²) in [5.74, 6) is -0.639. The largest absolute Gasteiger partial charge is 0.461 e. The summed E-state index contributed by atoms with van der Waals surface area (Å²) in [7, 11) is 0. The first-order valence-corrected chi connectivity index (χ1v) is 9.41. The fourth-order valence-corrected chi connectivity index (χ4v) is 3.00. The first-order valence-electron chi connectivity index (χ1n) is 7.83. The molecule has 0 unspecified atom stereocenters. The molecule has 25 heavy (non-hydrogen) atoms. The van der Waals surface area contributed by atoms with E-state index in [0.717, 1.165) is 20.1 Å². The van der Waals surface area contributed by atoms with Crippen LogP contribution in [0.5, 0.6) is 0 Å². The number of ether oxygens (including phenoxy) is 2. The zero-order chi connectivity index (χ0) is 18.1. The summed E-state index contributed by atoms with van der Waals surface area (Å²) in [6.45, 7) is 0.456. The number of carbonyl (C=O) groups is 2. The predicted octanol–water partition coefficient (Wildman–Crippen LogP) is 5.17. The molecule has 0 bridgehead atoms. The van der Waals surface area contributed by atoms with Gasteiger partial charge in [0.05, 0.1) is 0 Å². The molecule has 0 saturated heterocycles. The second-order valence-electron chi connectivity index (χ2n) is 5.43. The van der Waals surface area contributed by atoms with E-state index in [-0.39, 0.29) is 38.0 Å². The second-order valence-corrected chi connectivity index (χ2v) is 7.27. The van der Waals surface area contributed by atoms with Crippen LogP contribution in [0.1, 0.15) is 30.4 Å². The van der Waals surface area contributed by atoms with E-state index >= 15 is 0 Å². The van der Waals surface area contributed by atoms with Crippen LogP contribution in [0, 0.1) is 0 Å². The molecule has 0 amide bonds. The molecule has 4 nitrogen and oxygen atoms in total.